The van der Waals surface area contributed by atoms with E-state index in [9.17, 15) is 0 Å². The number of rotatable bonds is 7. The van der Waals surface area contributed by atoms with Crippen LogP contribution in [0.2, 0.25) is 0 Å². The average Bonchev–Trinajstić information content (AvgIpc) is 2.91. The molecule has 36 heavy (non-hydrogen) atoms. The number of hydrogen-bond acceptors (Lipinski definition) is 3. The van der Waals surface area contributed by atoms with E-state index in [2.05, 4.69) is 159 Å². The van der Waals surface area contributed by atoms with E-state index >= 15 is 0 Å². The van der Waals surface area contributed by atoms with Crippen LogP contribution < -0.4 is 10.2 Å². The van der Waals surface area contributed by atoms with Crippen LogP contribution in [0.15, 0.2) is 121 Å². The van der Waals surface area contributed by atoms with Crippen LogP contribution in [-0.4, -0.2) is 33.1 Å². The number of hydrogen-bond donors (Lipinski definition) is 1. The number of nitrogens with zero attached hydrogens (tertiary/aromatic N) is 2. The third-order valence-corrected chi connectivity index (χ3v) is 6.97. The lowest BCUT2D eigenvalue weighted by Gasteiger charge is -2.44. The number of nitrogens with one attached hydrogen (secondary N) is 1. The van der Waals surface area contributed by atoms with E-state index in [0.29, 0.717) is 0 Å². The van der Waals surface area contributed by atoms with Crippen molar-refractivity contribution in [3.05, 3.63) is 138 Å². The molecule has 0 spiro atoms. The van der Waals surface area contributed by atoms with Crippen LogP contribution in [-0.2, 0) is 5.54 Å². The third-order valence-electron chi connectivity index (χ3n) is 6.97. The maximum absolute atomic E-state index is 3.69. The highest BCUT2D eigenvalue weighted by Crippen LogP contribution is 2.49. The molecule has 0 amide bonds. The maximum Gasteiger partial charge on any atom is 0.0994 e. The van der Waals surface area contributed by atoms with E-state index < -0.39 is 5.54 Å². The Bertz CT molecular complexity index is 1400. The molecule has 3 heteroatoms. The van der Waals surface area contributed by atoms with E-state index in [1.807, 2.05) is 6.07 Å². The van der Waals surface area contributed by atoms with Gasteiger partial charge in [-0.05, 0) is 48.8 Å². The second kappa shape index (κ2) is 9.88. The summed E-state index contributed by atoms with van der Waals surface area (Å²) < 4.78 is 0. The molecular weight excluding hydrogens is 438 g/mol. The molecule has 0 aliphatic carbocycles. The van der Waals surface area contributed by atoms with Gasteiger partial charge in [0.2, 0.25) is 0 Å². The van der Waals surface area contributed by atoms with Crippen molar-refractivity contribution < 1.29 is 0 Å². The molecule has 0 aliphatic rings. The summed E-state index contributed by atoms with van der Waals surface area (Å²) in [7, 11) is 8.64. The molecule has 0 aromatic heterocycles. The zero-order valence-electron chi connectivity index (χ0n) is 21.4. The number of benzene rings is 5. The second-order valence-corrected chi connectivity index (χ2v) is 9.59. The number of para-hydroxylation sites is 1. The van der Waals surface area contributed by atoms with Crippen LogP contribution >= 0.6 is 0 Å². The van der Waals surface area contributed by atoms with Gasteiger partial charge in [-0.3, -0.25) is 4.90 Å². The van der Waals surface area contributed by atoms with Crippen LogP contribution in [0.5, 0.6) is 0 Å². The summed E-state index contributed by atoms with van der Waals surface area (Å²) in [6.45, 7) is 0. The summed E-state index contributed by atoms with van der Waals surface area (Å²) >= 11 is 0. The summed E-state index contributed by atoms with van der Waals surface area (Å²) in [6, 6.07) is 43.2. The zero-order chi connectivity index (χ0) is 25.1. The molecular formula is C33H33N3. The maximum atomic E-state index is 3.69. The highest BCUT2D eigenvalue weighted by molar-refractivity contribution is 6.02. The summed E-state index contributed by atoms with van der Waals surface area (Å²) in [6.07, 6.45) is 0. The number of anilines is 3. The first-order valence-electron chi connectivity index (χ1n) is 12.4. The van der Waals surface area contributed by atoms with Crippen molar-refractivity contribution in [1.82, 2.24) is 4.90 Å². The van der Waals surface area contributed by atoms with Gasteiger partial charge in [0.25, 0.3) is 0 Å². The summed E-state index contributed by atoms with van der Waals surface area (Å²) in [4.78, 5) is 4.60. The van der Waals surface area contributed by atoms with Gasteiger partial charge in [0.1, 0.15) is 0 Å². The highest BCUT2D eigenvalue weighted by Gasteiger charge is 2.42. The van der Waals surface area contributed by atoms with Crippen molar-refractivity contribution in [2.75, 3.05) is 38.4 Å². The molecule has 0 unspecified atom stereocenters. The Kier molecular flexibility index (Phi) is 6.49. The molecule has 0 aliphatic heterocycles. The average molecular weight is 472 g/mol. The number of fused-ring (bicyclic) bond motifs is 1. The van der Waals surface area contributed by atoms with Crippen LogP contribution in [0.1, 0.15) is 16.7 Å². The second-order valence-electron chi connectivity index (χ2n) is 9.59. The molecule has 0 atom stereocenters. The summed E-state index contributed by atoms with van der Waals surface area (Å²) in [5.41, 5.74) is 6.57. The Hall–Kier alpha value is -4.08. The molecule has 0 saturated heterocycles. The minimum atomic E-state index is -0.507. The molecule has 0 bridgehead atoms. The molecule has 0 fully saturated rings. The molecule has 3 nitrogen and oxygen atoms in total. The smallest absolute Gasteiger partial charge is 0.0994 e. The SMILES string of the molecule is CN(C)c1cc(Nc2ccccc2)c2ccccc2c1C(c1ccccc1)(c1ccccc1)N(C)C. The van der Waals surface area contributed by atoms with E-state index in [1.54, 1.807) is 0 Å². The predicted molar refractivity (Wildman–Crippen MR) is 154 cm³/mol. The van der Waals surface area contributed by atoms with Crippen LogP contribution in [0, 0.1) is 0 Å². The molecule has 5 aromatic rings. The van der Waals surface area contributed by atoms with Gasteiger partial charge in [-0.2, -0.15) is 0 Å². The lowest BCUT2D eigenvalue weighted by molar-refractivity contribution is 0.249. The Morgan fingerprint density at radius 2 is 1.03 bits per heavy atom. The first kappa shape index (κ1) is 23.7. The normalized spacial score (nSPS) is 11.6. The van der Waals surface area contributed by atoms with Crippen molar-refractivity contribution in [2.24, 2.45) is 0 Å². The molecule has 5 rings (SSSR count). The fourth-order valence-electron chi connectivity index (χ4n) is 5.43. The first-order valence-corrected chi connectivity index (χ1v) is 12.4. The lowest BCUT2D eigenvalue weighted by Crippen LogP contribution is -2.44. The third kappa shape index (κ3) is 4.02. The van der Waals surface area contributed by atoms with Gasteiger partial charge in [-0.15, -0.1) is 0 Å². The van der Waals surface area contributed by atoms with Gasteiger partial charge in [0, 0.05) is 42.1 Å². The van der Waals surface area contributed by atoms with E-state index in [4.69, 9.17) is 0 Å². The highest BCUT2D eigenvalue weighted by atomic mass is 15.2. The standard InChI is InChI=1S/C33H33N3/c1-35(2)31-24-30(34-27-20-12-7-13-21-27)28-22-14-15-23-29(28)32(31)33(36(3)4,25-16-8-5-9-17-25)26-18-10-6-11-19-26/h5-24,34H,1-4H3. The molecule has 5 aromatic carbocycles. The van der Waals surface area contributed by atoms with Crippen molar-refractivity contribution in [3.63, 3.8) is 0 Å². The monoisotopic (exact) mass is 471 g/mol. The Labute approximate surface area is 214 Å². The Morgan fingerprint density at radius 3 is 1.53 bits per heavy atom. The Balaban J connectivity index is 1.91. The molecule has 180 valence electrons. The van der Waals surface area contributed by atoms with Crippen LogP contribution in [0.4, 0.5) is 17.1 Å². The van der Waals surface area contributed by atoms with Crippen LogP contribution in [0.3, 0.4) is 0 Å². The van der Waals surface area contributed by atoms with Gasteiger partial charge in [-0.1, -0.05) is 103 Å². The van der Waals surface area contributed by atoms with Gasteiger partial charge < -0.3 is 10.2 Å². The van der Waals surface area contributed by atoms with Gasteiger partial charge in [0.15, 0.2) is 0 Å². The zero-order valence-corrected chi connectivity index (χ0v) is 21.4. The quantitative estimate of drug-likeness (QED) is 0.248. The largest absolute Gasteiger partial charge is 0.377 e. The van der Waals surface area contributed by atoms with Crippen molar-refractivity contribution in [1.29, 1.82) is 0 Å². The first-order chi connectivity index (χ1) is 17.5. The van der Waals surface area contributed by atoms with Crippen molar-refractivity contribution in [3.8, 4) is 0 Å². The van der Waals surface area contributed by atoms with Crippen molar-refractivity contribution in [2.45, 2.75) is 5.54 Å². The van der Waals surface area contributed by atoms with E-state index in [0.717, 1.165) is 11.4 Å². The fraction of sp³-hybridized carbons (Fsp3) is 0.152. The molecule has 0 heterocycles. The molecule has 0 saturated carbocycles. The minimum absolute atomic E-state index is 0.507. The Morgan fingerprint density at radius 1 is 0.556 bits per heavy atom. The topological polar surface area (TPSA) is 18.5 Å². The predicted octanol–water partition coefficient (Wildman–Crippen LogP) is 7.50. The van der Waals surface area contributed by atoms with Crippen molar-refractivity contribution >= 4 is 27.8 Å². The summed E-state index contributed by atoms with van der Waals surface area (Å²) in [5.74, 6) is 0. The van der Waals surface area contributed by atoms with Gasteiger partial charge >= 0.3 is 0 Å². The molecule has 0 radical (unpaired) electrons. The fourth-order valence-corrected chi connectivity index (χ4v) is 5.43. The van der Waals surface area contributed by atoms with Gasteiger partial charge in [0.05, 0.1) is 5.54 Å². The minimum Gasteiger partial charge on any atom is -0.377 e. The lowest BCUT2D eigenvalue weighted by atomic mass is 9.73. The summed E-state index contributed by atoms with van der Waals surface area (Å²) in [5, 5.41) is 6.11. The van der Waals surface area contributed by atoms with E-state index in [-0.39, 0.29) is 0 Å². The van der Waals surface area contributed by atoms with Gasteiger partial charge in [-0.25, -0.2) is 0 Å². The van der Waals surface area contributed by atoms with Crippen LogP contribution in [0.25, 0.3) is 10.8 Å². The van der Waals surface area contributed by atoms with E-state index in [1.165, 1.54) is 33.2 Å². The molecule has 1 N–H and O–H groups in total.